The van der Waals surface area contributed by atoms with Gasteiger partial charge in [-0.05, 0) is 59.9 Å². The summed E-state index contributed by atoms with van der Waals surface area (Å²) in [5, 5.41) is 12.6. The lowest BCUT2D eigenvalue weighted by atomic mass is 9.95. The number of ether oxygens (including phenoxy) is 1. The number of carbonyl (C=O) groups is 1. The van der Waals surface area contributed by atoms with Crippen LogP contribution in [0.4, 0.5) is 4.79 Å². The summed E-state index contributed by atoms with van der Waals surface area (Å²) in [6.45, 7) is 12.2. The summed E-state index contributed by atoms with van der Waals surface area (Å²) in [5.74, 6) is 0.555. The van der Waals surface area contributed by atoms with Crippen molar-refractivity contribution in [1.29, 1.82) is 0 Å². The number of hydrogen-bond donors (Lipinski definition) is 2. The SMILES string of the molecule is CC(C)(CO)NCC1CCN(C(=O)OC(C)(C)C)CC1. The molecule has 5 nitrogen and oxygen atoms in total. The molecule has 2 N–H and O–H groups in total. The highest BCUT2D eigenvalue weighted by molar-refractivity contribution is 5.68. The lowest BCUT2D eigenvalue weighted by molar-refractivity contribution is 0.0180. The van der Waals surface area contributed by atoms with Gasteiger partial charge in [-0.25, -0.2) is 4.79 Å². The van der Waals surface area contributed by atoms with Gasteiger partial charge in [0, 0.05) is 18.6 Å². The molecule has 0 bridgehead atoms. The van der Waals surface area contributed by atoms with E-state index in [4.69, 9.17) is 4.74 Å². The van der Waals surface area contributed by atoms with Crippen molar-refractivity contribution in [2.24, 2.45) is 5.92 Å². The molecule has 0 spiro atoms. The molecule has 20 heavy (non-hydrogen) atoms. The molecule has 0 aromatic rings. The van der Waals surface area contributed by atoms with Gasteiger partial charge < -0.3 is 20.1 Å². The second kappa shape index (κ2) is 6.76. The largest absolute Gasteiger partial charge is 0.444 e. The van der Waals surface area contributed by atoms with E-state index in [1.807, 2.05) is 34.6 Å². The summed E-state index contributed by atoms with van der Waals surface area (Å²) < 4.78 is 5.38. The summed E-state index contributed by atoms with van der Waals surface area (Å²) in [6.07, 6.45) is 1.75. The van der Waals surface area contributed by atoms with Crippen LogP contribution in [0.1, 0.15) is 47.5 Å². The number of amides is 1. The van der Waals surface area contributed by atoms with Crippen molar-refractivity contribution in [2.75, 3.05) is 26.2 Å². The van der Waals surface area contributed by atoms with Gasteiger partial charge in [0.1, 0.15) is 5.60 Å². The molecule has 0 aromatic carbocycles. The van der Waals surface area contributed by atoms with Crippen LogP contribution in [0.25, 0.3) is 0 Å². The minimum Gasteiger partial charge on any atom is -0.444 e. The minimum absolute atomic E-state index is 0.129. The fraction of sp³-hybridized carbons (Fsp3) is 0.933. The van der Waals surface area contributed by atoms with Gasteiger partial charge >= 0.3 is 6.09 Å². The first-order valence-corrected chi connectivity index (χ1v) is 7.47. The van der Waals surface area contributed by atoms with Gasteiger partial charge in [-0.3, -0.25) is 0 Å². The van der Waals surface area contributed by atoms with E-state index >= 15 is 0 Å². The van der Waals surface area contributed by atoms with Crippen LogP contribution >= 0.6 is 0 Å². The summed E-state index contributed by atoms with van der Waals surface area (Å²) in [7, 11) is 0. The van der Waals surface area contributed by atoms with Crippen molar-refractivity contribution >= 4 is 6.09 Å². The predicted octanol–water partition coefficient (Wildman–Crippen LogP) is 1.99. The molecule has 0 radical (unpaired) electrons. The zero-order valence-corrected chi connectivity index (χ0v) is 13.5. The number of nitrogens with zero attached hydrogens (tertiary/aromatic N) is 1. The molecule has 0 aromatic heterocycles. The third-order valence-corrected chi connectivity index (χ3v) is 3.53. The van der Waals surface area contributed by atoms with Gasteiger partial charge in [-0.15, -0.1) is 0 Å². The number of likely N-dealkylation sites (tertiary alicyclic amines) is 1. The van der Waals surface area contributed by atoms with Crippen LogP contribution in [-0.4, -0.2) is 53.5 Å². The average Bonchev–Trinajstić information content (AvgIpc) is 2.35. The van der Waals surface area contributed by atoms with Crippen molar-refractivity contribution in [1.82, 2.24) is 10.2 Å². The number of aliphatic hydroxyl groups excluding tert-OH is 1. The Hall–Kier alpha value is -0.810. The highest BCUT2D eigenvalue weighted by Crippen LogP contribution is 2.19. The van der Waals surface area contributed by atoms with E-state index in [1.165, 1.54) is 0 Å². The second-order valence-electron chi connectivity index (χ2n) is 7.33. The van der Waals surface area contributed by atoms with Gasteiger partial charge in [0.15, 0.2) is 0 Å². The van der Waals surface area contributed by atoms with Gasteiger partial charge in [0.2, 0.25) is 0 Å². The summed E-state index contributed by atoms with van der Waals surface area (Å²) in [5.41, 5.74) is -0.664. The predicted molar refractivity (Wildman–Crippen MR) is 79.7 cm³/mol. The van der Waals surface area contributed by atoms with E-state index in [0.29, 0.717) is 5.92 Å². The fourth-order valence-corrected chi connectivity index (χ4v) is 2.12. The number of aliphatic hydroxyl groups is 1. The van der Waals surface area contributed by atoms with Crippen LogP contribution in [0, 0.1) is 5.92 Å². The Labute approximate surface area is 122 Å². The Morgan fingerprint density at radius 1 is 1.25 bits per heavy atom. The third kappa shape index (κ3) is 6.09. The van der Waals surface area contributed by atoms with E-state index in [1.54, 1.807) is 4.90 Å². The molecule has 1 saturated heterocycles. The number of hydrogen-bond acceptors (Lipinski definition) is 4. The van der Waals surface area contributed by atoms with Crippen molar-refractivity contribution in [3.63, 3.8) is 0 Å². The molecule has 1 aliphatic heterocycles. The molecular formula is C15H30N2O3. The van der Waals surface area contributed by atoms with E-state index in [2.05, 4.69) is 5.32 Å². The van der Waals surface area contributed by atoms with Crippen molar-refractivity contribution in [3.8, 4) is 0 Å². The van der Waals surface area contributed by atoms with Crippen LogP contribution in [0.15, 0.2) is 0 Å². The lowest BCUT2D eigenvalue weighted by Gasteiger charge is -2.35. The zero-order valence-electron chi connectivity index (χ0n) is 13.5. The molecule has 1 amide bonds. The molecule has 1 fully saturated rings. The van der Waals surface area contributed by atoms with Gasteiger partial charge in [-0.2, -0.15) is 0 Å². The monoisotopic (exact) mass is 286 g/mol. The Morgan fingerprint density at radius 2 is 1.80 bits per heavy atom. The number of piperidine rings is 1. The minimum atomic E-state index is -0.430. The van der Waals surface area contributed by atoms with Crippen LogP contribution < -0.4 is 5.32 Å². The number of rotatable bonds is 4. The molecule has 1 rings (SSSR count). The molecule has 5 heteroatoms. The van der Waals surface area contributed by atoms with Gasteiger partial charge in [0.25, 0.3) is 0 Å². The van der Waals surface area contributed by atoms with Gasteiger partial charge in [-0.1, -0.05) is 0 Å². The maximum Gasteiger partial charge on any atom is 0.410 e. The topological polar surface area (TPSA) is 61.8 Å². The number of carbonyl (C=O) groups excluding carboxylic acids is 1. The Balaban J connectivity index is 2.31. The Bertz CT molecular complexity index is 316. The zero-order chi connectivity index (χ0) is 15.4. The summed E-state index contributed by atoms with van der Waals surface area (Å²) in [4.78, 5) is 13.7. The Kier molecular flexibility index (Phi) is 5.83. The van der Waals surface area contributed by atoms with Gasteiger partial charge in [0.05, 0.1) is 6.61 Å². The lowest BCUT2D eigenvalue weighted by Crippen LogP contribution is -2.48. The quantitative estimate of drug-likeness (QED) is 0.830. The fourth-order valence-electron chi connectivity index (χ4n) is 2.12. The maximum absolute atomic E-state index is 11.9. The normalized spacial score (nSPS) is 18.2. The van der Waals surface area contributed by atoms with Crippen molar-refractivity contribution < 1.29 is 14.6 Å². The molecular weight excluding hydrogens is 256 g/mol. The van der Waals surface area contributed by atoms with Crippen LogP contribution in [-0.2, 0) is 4.74 Å². The highest BCUT2D eigenvalue weighted by atomic mass is 16.6. The molecule has 1 aliphatic rings. The standard InChI is InChI=1S/C15H30N2O3/c1-14(2,3)20-13(19)17-8-6-12(7-9-17)10-16-15(4,5)11-18/h12,16,18H,6-11H2,1-5H3. The van der Waals surface area contributed by atoms with Crippen molar-refractivity contribution in [2.45, 2.75) is 58.6 Å². The first-order valence-electron chi connectivity index (χ1n) is 7.47. The second-order valence-corrected chi connectivity index (χ2v) is 7.33. The molecule has 0 aliphatic carbocycles. The number of nitrogens with one attached hydrogen (secondary N) is 1. The summed E-state index contributed by atoms with van der Waals surface area (Å²) >= 11 is 0. The first kappa shape index (κ1) is 17.2. The van der Waals surface area contributed by atoms with Crippen LogP contribution in [0.5, 0.6) is 0 Å². The van der Waals surface area contributed by atoms with Crippen molar-refractivity contribution in [3.05, 3.63) is 0 Å². The van der Waals surface area contributed by atoms with E-state index in [-0.39, 0.29) is 18.2 Å². The third-order valence-electron chi connectivity index (χ3n) is 3.53. The highest BCUT2D eigenvalue weighted by Gasteiger charge is 2.27. The molecule has 0 unspecified atom stereocenters. The molecule has 118 valence electrons. The molecule has 0 atom stereocenters. The van der Waals surface area contributed by atoms with Crippen LogP contribution in [0.3, 0.4) is 0 Å². The van der Waals surface area contributed by atoms with Crippen LogP contribution in [0.2, 0.25) is 0 Å². The first-order chi connectivity index (χ1) is 9.13. The summed E-state index contributed by atoms with van der Waals surface area (Å²) in [6, 6.07) is 0. The molecule has 0 saturated carbocycles. The van der Waals surface area contributed by atoms with E-state index in [9.17, 15) is 9.90 Å². The maximum atomic E-state index is 11.9. The average molecular weight is 286 g/mol. The van der Waals surface area contributed by atoms with E-state index < -0.39 is 5.60 Å². The smallest absolute Gasteiger partial charge is 0.410 e. The van der Waals surface area contributed by atoms with E-state index in [0.717, 1.165) is 32.5 Å². The molecule has 1 heterocycles. The Morgan fingerprint density at radius 3 is 2.25 bits per heavy atom.